The lowest BCUT2D eigenvalue weighted by Gasteiger charge is -2.24. The number of anilines is 1. The van der Waals surface area contributed by atoms with Crippen molar-refractivity contribution in [1.29, 1.82) is 0 Å². The molecule has 0 spiro atoms. The summed E-state index contributed by atoms with van der Waals surface area (Å²) in [4.78, 5) is 2.86. The predicted octanol–water partition coefficient (Wildman–Crippen LogP) is 1.62. The van der Waals surface area contributed by atoms with Gasteiger partial charge in [0.15, 0.2) is 5.82 Å². The number of thiocarbonyl (C=S) groups is 1. The van der Waals surface area contributed by atoms with Crippen LogP contribution in [0.5, 0.6) is 0 Å². The maximum Gasteiger partial charge on any atom is 0.159 e. The fourth-order valence-corrected chi connectivity index (χ4v) is 2.84. The van der Waals surface area contributed by atoms with E-state index in [0.717, 1.165) is 23.4 Å². The Hall–Kier alpha value is -1.27. The number of aryl methyl sites for hydroxylation is 1. The van der Waals surface area contributed by atoms with Gasteiger partial charge in [0.2, 0.25) is 0 Å². The zero-order valence-corrected chi connectivity index (χ0v) is 13.3. The molecule has 2 heterocycles. The van der Waals surface area contributed by atoms with Gasteiger partial charge in [0.25, 0.3) is 0 Å². The molecule has 5 nitrogen and oxygen atoms in total. The van der Waals surface area contributed by atoms with E-state index in [4.69, 9.17) is 18.0 Å². The third-order valence-corrected chi connectivity index (χ3v) is 4.23. The second kappa shape index (κ2) is 6.45. The first-order valence-electron chi connectivity index (χ1n) is 7.12. The monoisotopic (exact) mass is 293 g/mol. The molecule has 1 atom stereocenters. The fourth-order valence-electron chi connectivity index (χ4n) is 2.59. The van der Waals surface area contributed by atoms with Crippen LogP contribution in [0.15, 0.2) is 0 Å². The largest absolute Gasteiger partial charge is 0.389 e. The van der Waals surface area contributed by atoms with Crippen LogP contribution >= 0.6 is 12.2 Å². The van der Waals surface area contributed by atoms with Crippen molar-refractivity contribution >= 4 is 23.0 Å². The van der Waals surface area contributed by atoms with Crippen molar-refractivity contribution in [3.63, 3.8) is 0 Å². The second-order valence-electron chi connectivity index (χ2n) is 5.47. The van der Waals surface area contributed by atoms with Crippen LogP contribution < -0.4 is 11.1 Å². The van der Waals surface area contributed by atoms with E-state index in [2.05, 4.69) is 27.3 Å². The van der Waals surface area contributed by atoms with Crippen LogP contribution in [0.3, 0.4) is 0 Å². The van der Waals surface area contributed by atoms with Gasteiger partial charge in [0.05, 0.1) is 11.3 Å². The van der Waals surface area contributed by atoms with Crippen LogP contribution in [0, 0.1) is 13.8 Å². The van der Waals surface area contributed by atoms with E-state index in [9.17, 15) is 0 Å². The van der Waals surface area contributed by atoms with Gasteiger partial charge in [0, 0.05) is 12.6 Å². The molecule has 1 aromatic rings. The van der Waals surface area contributed by atoms with Crippen molar-refractivity contribution in [2.75, 3.05) is 25.0 Å². The van der Waals surface area contributed by atoms with E-state index in [-0.39, 0.29) is 0 Å². The highest BCUT2D eigenvalue weighted by molar-refractivity contribution is 7.80. The van der Waals surface area contributed by atoms with Gasteiger partial charge >= 0.3 is 0 Å². The lowest BCUT2D eigenvalue weighted by molar-refractivity contribution is 0.269. The van der Waals surface area contributed by atoms with Gasteiger partial charge in [-0.05, 0) is 52.3 Å². The molecule has 3 N–H and O–H groups in total. The number of hydrogen-bond donors (Lipinski definition) is 2. The minimum Gasteiger partial charge on any atom is -0.389 e. The lowest BCUT2D eigenvalue weighted by Crippen LogP contribution is -2.36. The quantitative estimate of drug-likeness (QED) is 0.804. The van der Waals surface area contributed by atoms with E-state index in [0.29, 0.717) is 16.8 Å². The van der Waals surface area contributed by atoms with Gasteiger partial charge in [-0.25, -0.2) is 0 Å². The average Bonchev–Trinajstić information content (AvgIpc) is 2.93. The van der Waals surface area contributed by atoms with E-state index in [1.165, 1.54) is 25.9 Å². The molecule has 0 aliphatic carbocycles. The Balaban J connectivity index is 2.09. The van der Waals surface area contributed by atoms with Crippen molar-refractivity contribution in [2.24, 2.45) is 5.73 Å². The Bertz CT molecular complexity index is 497. The predicted molar refractivity (Wildman–Crippen MR) is 86.2 cm³/mol. The number of nitrogens with zero attached hydrogens (tertiary/aromatic N) is 3. The third-order valence-electron chi connectivity index (χ3n) is 4.03. The first-order chi connectivity index (χ1) is 9.50. The number of nitrogens with one attached hydrogen (secondary N) is 1. The number of rotatable bonds is 5. The number of aromatic nitrogens is 2. The molecule has 2 rings (SSSR count). The zero-order valence-electron chi connectivity index (χ0n) is 12.4. The normalized spacial score (nSPS) is 17.1. The Morgan fingerprint density at radius 2 is 2.00 bits per heavy atom. The minimum atomic E-state index is 0.372. The molecule has 1 aromatic heterocycles. The first kappa shape index (κ1) is 15.1. The summed E-state index contributed by atoms with van der Waals surface area (Å²) in [5.41, 5.74) is 8.52. The molecule has 1 saturated heterocycles. The maximum atomic E-state index is 5.83. The molecule has 0 aromatic carbocycles. The number of hydrogen-bond acceptors (Lipinski definition) is 5. The molecule has 0 amide bonds. The van der Waals surface area contributed by atoms with Gasteiger partial charge in [-0.2, -0.15) is 5.10 Å². The first-order valence-corrected chi connectivity index (χ1v) is 7.53. The summed E-state index contributed by atoms with van der Waals surface area (Å²) in [6.07, 6.45) is 2.60. The smallest absolute Gasteiger partial charge is 0.159 e. The highest BCUT2D eigenvalue weighted by Gasteiger charge is 2.19. The Labute approximate surface area is 125 Å². The van der Waals surface area contributed by atoms with Crippen LogP contribution in [-0.4, -0.2) is 45.8 Å². The highest BCUT2D eigenvalue weighted by atomic mass is 32.1. The van der Waals surface area contributed by atoms with Crippen LogP contribution in [-0.2, 0) is 0 Å². The molecule has 20 heavy (non-hydrogen) atoms. The Morgan fingerprint density at radius 3 is 2.60 bits per heavy atom. The van der Waals surface area contributed by atoms with Gasteiger partial charge in [-0.1, -0.05) is 12.2 Å². The molecule has 1 aliphatic rings. The maximum absolute atomic E-state index is 5.83. The average molecular weight is 293 g/mol. The molecule has 1 fully saturated rings. The molecule has 110 valence electrons. The zero-order chi connectivity index (χ0) is 14.7. The topological polar surface area (TPSA) is 67.1 Å². The fraction of sp³-hybridized carbons (Fsp3) is 0.643. The summed E-state index contributed by atoms with van der Waals surface area (Å²) >= 11 is 5.14. The minimum absolute atomic E-state index is 0.372. The Kier molecular flexibility index (Phi) is 4.88. The van der Waals surface area contributed by atoms with Crippen molar-refractivity contribution in [3.05, 3.63) is 16.8 Å². The van der Waals surface area contributed by atoms with Crippen molar-refractivity contribution in [3.8, 4) is 0 Å². The van der Waals surface area contributed by atoms with E-state index < -0.39 is 0 Å². The molecule has 0 bridgehead atoms. The molecular formula is C14H23N5S. The van der Waals surface area contributed by atoms with Crippen LogP contribution in [0.25, 0.3) is 0 Å². The van der Waals surface area contributed by atoms with Gasteiger partial charge in [0.1, 0.15) is 4.99 Å². The molecule has 6 heteroatoms. The van der Waals surface area contributed by atoms with Gasteiger partial charge < -0.3 is 11.1 Å². The number of likely N-dealkylation sites (tertiary alicyclic amines) is 1. The van der Waals surface area contributed by atoms with Crippen molar-refractivity contribution in [1.82, 2.24) is 15.1 Å². The van der Waals surface area contributed by atoms with E-state index in [1.807, 2.05) is 13.8 Å². The highest BCUT2D eigenvalue weighted by Crippen LogP contribution is 2.19. The molecule has 1 aliphatic heterocycles. The van der Waals surface area contributed by atoms with E-state index in [1.54, 1.807) is 0 Å². The summed E-state index contributed by atoms with van der Waals surface area (Å²) in [5, 5.41) is 11.7. The lowest BCUT2D eigenvalue weighted by atomic mass is 10.1. The Morgan fingerprint density at radius 1 is 1.35 bits per heavy atom. The summed E-state index contributed by atoms with van der Waals surface area (Å²) < 4.78 is 0. The van der Waals surface area contributed by atoms with E-state index >= 15 is 0 Å². The van der Waals surface area contributed by atoms with Crippen molar-refractivity contribution < 1.29 is 0 Å². The molecule has 0 radical (unpaired) electrons. The summed E-state index contributed by atoms with van der Waals surface area (Å²) in [6.45, 7) is 9.32. The van der Waals surface area contributed by atoms with Crippen molar-refractivity contribution in [2.45, 2.75) is 39.7 Å². The number of nitrogens with two attached hydrogens (primary N) is 1. The van der Waals surface area contributed by atoms with Crippen LogP contribution in [0.1, 0.15) is 36.6 Å². The molecule has 1 unspecified atom stereocenters. The SMILES string of the molecule is Cc1nnc(NCC(C)N2CCCC2)c(C(N)=S)c1C. The molecular weight excluding hydrogens is 270 g/mol. The standard InChI is InChI=1S/C14H23N5S/c1-9(19-6-4-5-7-19)8-16-14-12(13(15)20)10(2)11(3)17-18-14/h9H,4-8H2,1-3H3,(H2,15,20)(H,16,18). The summed E-state index contributed by atoms with van der Waals surface area (Å²) in [7, 11) is 0. The summed E-state index contributed by atoms with van der Waals surface area (Å²) in [5.74, 6) is 0.701. The van der Waals surface area contributed by atoms with Gasteiger partial charge in [-0.3, -0.25) is 4.90 Å². The third kappa shape index (κ3) is 3.24. The van der Waals surface area contributed by atoms with Crippen LogP contribution in [0.2, 0.25) is 0 Å². The second-order valence-corrected chi connectivity index (χ2v) is 5.91. The molecule has 0 saturated carbocycles. The van der Waals surface area contributed by atoms with Gasteiger partial charge in [-0.15, -0.1) is 5.10 Å². The van der Waals surface area contributed by atoms with Crippen LogP contribution in [0.4, 0.5) is 5.82 Å². The summed E-state index contributed by atoms with van der Waals surface area (Å²) in [6, 6.07) is 0.472.